The molecule has 49 heavy (non-hydrogen) atoms. The van der Waals surface area contributed by atoms with Crippen molar-refractivity contribution < 1.29 is 23.9 Å². The number of rotatable bonds is 18. The fraction of sp³-hybridized carbons (Fsp3) is 0.364. The first-order valence-electron chi connectivity index (χ1n) is 16.0. The maximum absolute atomic E-state index is 12.7. The Morgan fingerprint density at radius 3 is 2.41 bits per heavy atom. The molecule has 0 unspecified atom stereocenters. The van der Waals surface area contributed by atoms with E-state index < -0.39 is 29.6 Å². The maximum atomic E-state index is 12.7. The number of nitrogens with two attached hydrogens (primary N) is 2. The van der Waals surface area contributed by atoms with Gasteiger partial charge in [0, 0.05) is 18.7 Å². The van der Waals surface area contributed by atoms with E-state index in [1.54, 1.807) is 24.3 Å². The van der Waals surface area contributed by atoms with Gasteiger partial charge in [-0.1, -0.05) is 55.8 Å². The van der Waals surface area contributed by atoms with Gasteiger partial charge in [0.15, 0.2) is 11.5 Å². The third kappa shape index (κ3) is 10.8. The van der Waals surface area contributed by atoms with Crippen molar-refractivity contribution in [1.82, 2.24) is 35.5 Å². The molecular formula is C33H42N10O6. The largest absolute Gasteiger partial charge is 0.445 e. The number of carbonyl (C=O) groups is 4. The van der Waals surface area contributed by atoms with Gasteiger partial charge in [-0.15, -0.1) is 0 Å². The molecule has 2 heterocycles. The van der Waals surface area contributed by atoms with Gasteiger partial charge in [0.25, 0.3) is 5.91 Å². The standard InChI is InChI=1S/C33H42N10O6/c1-2-3-16-37-31-41-27(34)26-29(42-31)43(32(47)40-26)19-21-12-14-23(15-13-21)30(46)38-18-25(44)36-17-8-7-11-24(28(35)45)39-33(48)49-20-22-9-5-4-6-10-22/h4-6,9-10,12-15,24H,2-3,7-8,11,16-20H2,1H3,(H2,35,45)(H,36,44)(H,38,46)(H,39,48)(H,40,47)(H3,34,37,41,42)/t24-/m0/s1. The van der Waals surface area contributed by atoms with Gasteiger partial charge in [-0.05, 0) is 48.9 Å². The zero-order chi connectivity index (χ0) is 35.2. The van der Waals surface area contributed by atoms with E-state index in [1.165, 1.54) is 4.57 Å². The second kappa shape index (κ2) is 17.8. The number of imidazole rings is 1. The van der Waals surface area contributed by atoms with Crippen molar-refractivity contribution in [2.75, 3.05) is 30.7 Å². The van der Waals surface area contributed by atoms with Crippen LogP contribution in [-0.4, -0.2) is 69.0 Å². The molecule has 1 atom stereocenters. The molecule has 2 aromatic heterocycles. The summed E-state index contributed by atoms with van der Waals surface area (Å²) in [7, 11) is 0. The van der Waals surface area contributed by atoms with Crippen LogP contribution in [0, 0.1) is 0 Å². The van der Waals surface area contributed by atoms with Crippen molar-refractivity contribution in [2.45, 2.75) is 58.2 Å². The lowest BCUT2D eigenvalue weighted by molar-refractivity contribution is -0.121. The van der Waals surface area contributed by atoms with Crippen LogP contribution < -0.4 is 38.4 Å². The zero-order valence-corrected chi connectivity index (χ0v) is 27.3. The van der Waals surface area contributed by atoms with Crippen LogP contribution in [0.5, 0.6) is 0 Å². The van der Waals surface area contributed by atoms with E-state index in [0.717, 1.165) is 24.0 Å². The van der Waals surface area contributed by atoms with Gasteiger partial charge in [0.05, 0.1) is 13.1 Å². The number of benzene rings is 2. The topological polar surface area (TPSA) is 241 Å². The minimum Gasteiger partial charge on any atom is -0.445 e. The van der Waals surface area contributed by atoms with Gasteiger partial charge >= 0.3 is 11.8 Å². The van der Waals surface area contributed by atoms with Crippen LogP contribution in [-0.2, 0) is 27.5 Å². The van der Waals surface area contributed by atoms with Gasteiger partial charge < -0.3 is 42.5 Å². The van der Waals surface area contributed by atoms with Crippen molar-refractivity contribution in [3.63, 3.8) is 0 Å². The summed E-state index contributed by atoms with van der Waals surface area (Å²) >= 11 is 0. The zero-order valence-electron chi connectivity index (χ0n) is 27.3. The number of alkyl carbamates (subject to hydrolysis) is 1. The second-order valence-corrected chi connectivity index (χ2v) is 11.3. The van der Waals surface area contributed by atoms with Crippen LogP contribution >= 0.6 is 0 Å². The van der Waals surface area contributed by atoms with Crippen LogP contribution in [0.25, 0.3) is 11.2 Å². The Balaban J connectivity index is 1.17. The molecule has 0 spiro atoms. The summed E-state index contributed by atoms with van der Waals surface area (Å²) in [6, 6.07) is 14.8. The number of nitrogens with zero attached hydrogens (tertiary/aromatic N) is 3. The molecule has 0 saturated heterocycles. The van der Waals surface area contributed by atoms with Crippen molar-refractivity contribution in [2.24, 2.45) is 5.73 Å². The molecule has 0 saturated carbocycles. The van der Waals surface area contributed by atoms with Crippen molar-refractivity contribution >= 4 is 46.7 Å². The molecule has 16 nitrogen and oxygen atoms in total. The summed E-state index contributed by atoms with van der Waals surface area (Å²) in [6.07, 6.45) is 2.46. The quantitative estimate of drug-likeness (QED) is 0.0754. The average molecular weight is 675 g/mol. The lowest BCUT2D eigenvalue weighted by Gasteiger charge is -2.15. The molecule has 0 aliphatic carbocycles. The maximum Gasteiger partial charge on any atom is 0.408 e. The Morgan fingerprint density at radius 1 is 0.939 bits per heavy atom. The highest BCUT2D eigenvalue weighted by Gasteiger charge is 2.19. The molecule has 260 valence electrons. The first-order valence-corrected chi connectivity index (χ1v) is 16.0. The summed E-state index contributed by atoms with van der Waals surface area (Å²) in [5, 5.41) is 10.9. The predicted molar refractivity (Wildman–Crippen MR) is 183 cm³/mol. The summed E-state index contributed by atoms with van der Waals surface area (Å²) in [6.45, 7) is 3.05. The smallest absolute Gasteiger partial charge is 0.408 e. The molecule has 4 rings (SSSR count). The number of aromatic nitrogens is 4. The molecule has 16 heteroatoms. The predicted octanol–water partition coefficient (Wildman–Crippen LogP) is 1.76. The number of aromatic amines is 1. The molecule has 0 aliphatic heterocycles. The molecule has 0 radical (unpaired) electrons. The van der Waals surface area contributed by atoms with Gasteiger partial charge in [0.1, 0.15) is 18.2 Å². The number of unbranched alkanes of at least 4 members (excludes halogenated alkanes) is 2. The Morgan fingerprint density at radius 2 is 1.69 bits per heavy atom. The molecule has 0 fully saturated rings. The number of hydrogen-bond acceptors (Lipinski definition) is 10. The second-order valence-electron chi connectivity index (χ2n) is 11.3. The summed E-state index contributed by atoms with van der Waals surface area (Å²) in [5.74, 6) is -1.01. The van der Waals surface area contributed by atoms with Crippen LogP contribution in [0.2, 0.25) is 0 Å². The molecule has 0 aliphatic rings. The minimum atomic E-state index is -0.911. The normalized spacial score (nSPS) is 11.4. The fourth-order valence-electron chi connectivity index (χ4n) is 4.82. The van der Waals surface area contributed by atoms with Crippen LogP contribution in [0.4, 0.5) is 16.6 Å². The monoisotopic (exact) mass is 674 g/mol. The number of nitrogens with one attached hydrogen (secondary N) is 5. The Bertz CT molecular complexity index is 1790. The average Bonchev–Trinajstić information content (AvgIpc) is 3.41. The number of fused-ring (bicyclic) bond motifs is 1. The van der Waals surface area contributed by atoms with Gasteiger partial charge in [0.2, 0.25) is 17.8 Å². The Kier molecular flexibility index (Phi) is 13.1. The Hall–Kier alpha value is -5.93. The van der Waals surface area contributed by atoms with Crippen molar-refractivity contribution in [3.05, 3.63) is 81.8 Å². The number of anilines is 2. The third-order valence-corrected chi connectivity index (χ3v) is 7.52. The van der Waals surface area contributed by atoms with E-state index in [1.807, 2.05) is 30.3 Å². The number of nitrogen functional groups attached to an aromatic ring is 1. The van der Waals surface area contributed by atoms with E-state index in [2.05, 4.69) is 43.1 Å². The van der Waals surface area contributed by atoms with Gasteiger partial charge in [-0.25, -0.2) is 9.59 Å². The van der Waals surface area contributed by atoms with Crippen LogP contribution in [0.15, 0.2) is 59.4 Å². The number of H-pyrrole nitrogens is 1. The minimum absolute atomic E-state index is 0.0605. The highest BCUT2D eigenvalue weighted by Crippen LogP contribution is 2.18. The molecule has 9 N–H and O–H groups in total. The van der Waals surface area contributed by atoms with E-state index in [-0.39, 0.29) is 37.8 Å². The van der Waals surface area contributed by atoms with E-state index >= 15 is 0 Å². The first kappa shape index (κ1) is 35.9. The molecule has 4 aromatic rings. The summed E-state index contributed by atoms with van der Waals surface area (Å²) in [4.78, 5) is 72.8. The van der Waals surface area contributed by atoms with Gasteiger partial charge in [-0.2, -0.15) is 9.97 Å². The molecule has 0 bridgehead atoms. The van der Waals surface area contributed by atoms with E-state index in [9.17, 15) is 24.0 Å². The third-order valence-electron chi connectivity index (χ3n) is 7.52. The van der Waals surface area contributed by atoms with Crippen molar-refractivity contribution in [1.29, 1.82) is 0 Å². The number of ether oxygens (including phenoxy) is 1. The number of primary amides is 1. The number of amides is 4. The highest BCUT2D eigenvalue weighted by molar-refractivity contribution is 5.96. The number of hydrogen-bond donors (Lipinski definition) is 7. The van der Waals surface area contributed by atoms with Crippen molar-refractivity contribution in [3.8, 4) is 0 Å². The summed E-state index contributed by atoms with van der Waals surface area (Å²) in [5.41, 5.74) is 13.7. The SMILES string of the molecule is CCCCNc1nc(N)c2[nH]c(=O)n(Cc3ccc(C(=O)NCC(=O)NCCCC[C@H](NC(=O)OCc4ccccc4)C(N)=O)cc3)c2n1. The number of carbonyl (C=O) groups excluding carboxylic acids is 4. The van der Waals surface area contributed by atoms with E-state index in [4.69, 9.17) is 16.2 Å². The van der Waals surface area contributed by atoms with Crippen LogP contribution in [0.3, 0.4) is 0 Å². The van der Waals surface area contributed by atoms with Crippen LogP contribution in [0.1, 0.15) is 60.5 Å². The van der Waals surface area contributed by atoms with Gasteiger partial charge in [-0.3, -0.25) is 19.0 Å². The molecular weight excluding hydrogens is 632 g/mol. The molecule has 4 amide bonds. The fourth-order valence-corrected chi connectivity index (χ4v) is 4.82. The summed E-state index contributed by atoms with van der Waals surface area (Å²) < 4.78 is 6.59. The highest BCUT2D eigenvalue weighted by atomic mass is 16.5. The Labute approximate surface area is 282 Å². The molecule has 2 aromatic carbocycles. The first-order chi connectivity index (χ1) is 23.6. The van der Waals surface area contributed by atoms with E-state index in [0.29, 0.717) is 48.6 Å². The lowest BCUT2D eigenvalue weighted by atomic mass is 10.1. The lowest BCUT2D eigenvalue weighted by Crippen LogP contribution is -2.44.